The molecule has 0 spiro atoms. The van der Waals surface area contributed by atoms with Crippen LogP contribution in [0.25, 0.3) is 0 Å². The molecule has 0 aliphatic carbocycles. The monoisotopic (exact) mass is 180 g/mol. The molecule has 0 aliphatic rings. The van der Waals surface area contributed by atoms with E-state index in [0.29, 0.717) is 4.47 Å². The molecule has 6 heteroatoms. The van der Waals surface area contributed by atoms with Crippen LogP contribution in [0.4, 0.5) is 4.79 Å². The number of rotatable bonds is 0. The first-order valence-corrected chi connectivity index (χ1v) is 3.42. The van der Waals surface area contributed by atoms with Gasteiger partial charge in [-0.25, -0.2) is 9.78 Å². The van der Waals surface area contributed by atoms with Gasteiger partial charge in [0.1, 0.15) is 0 Å². The van der Waals surface area contributed by atoms with Crippen molar-refractivity contribution in [2.45, 2.75) is 0 Å². The first-order chi connectivity index (χ1) is 4.63. The van der Waals surface area contributed by atoms with Crippen molar-refractivity contribution in [2.75, 3.05) is 0 Å². The quantitative estimate of drug-likeness (QED) is 0.634. The second-order valence-corrected chi connectivity index (χ2v) is 2.60. The number of amides is 1. The van der Waals surface area contributed by atoms with Crippen molar-refractivity contribution in [1.82, 2.24) is 4.98 Å². The molecule has 0 saturated heterocycles. The number of nitrogens with zero attached hydrogens (tertiary/aromatic N) is 1. The third-order valence-electron chi connectivity index (χ3n) is 0.402. The van der Waals surface area contributed by atoms with Crippen LogP contribution in [0.3, 0.4) is 0 Å². The molecule has 0 unspecified atom stereocenters. The fraction of sp³-hybridized carbons (Fsp3) is 0. The van der Waals surface area contributed by atoms with Crippen LogP contribution < -0.4 is 5.73 Å². The maximum Gasteiger partial charge on any atom is 0.402 e. The van der Waals surface area contributed by atoms with Crippen LogP contribution in [0.1, 0.15) is 0 Å². The van der Waals surface area contributed by atoms with Gasteiger partial charge in [0, 0.05) is 11.6 Å². The Kier molecular flexibility index (Phi) is 4.61. The summed E-state index contributed by atoms with van der Waals surface area (Å²) in [7, 11) is 0. The lowest BCUT2D eigenvalue weighted by Gasteiger charge is -1.61. The first kappa shape index (κ1) is 9.19. The fourth-order valence-corrected chi connectivity index (χ4v) is 0.772. The van der Waals surface area contributed by atoms with E-state index in [-0.39, 0.29) is 0 Å². The van der Waals surface area contributed by atoms with E-state index < -0.39 is 6.09 Å². The van der Waals surface area contributed by atoms with Crippen molar-refractivity contribution in [1.29, 1.82) is 0 Å². The summed E-state index contributed by atoms with van der Waals surface area (Å²) < 4.78 is 0.606. The van der Waals surface area contributed by atoms with Crippen LogP contribution in [0, 0.1) is 0 Å². The molecule has 0 atom stereocenters. The first-order valence-electron chi connectivity index (χ1n) is 2.16. The number of thiazole rings is 1. The molecule has 0 radical (unpaired) electrons. The van der Waals surface area contributed by atoms with Crippen LogP contribution >= 0.6 is 22.9 Å². The molecule has 1 aromatic heterocycles. The Morgan fingerprint density at radius 2 is 2.40 bits per heavy atom. The molecule has 0 aliphatic heterocycles. The highest BCUT2D eigenvalue weighted by Crippen LogP contribution is 2.08. The Morgan fingerprint density at radius 3 is 2.50 bits per heavy atom. The number of halogens is 1. The lowest BCUT2D eigenvalue weighted by molar-refractivity contribution is 0.205. The summed E-state index contributed by atoms with van der Waals surface area (Å²) in [6.45, 7) is 0. The van der Waals surface area contributed by atoms with E-state index >= 15 is 0 Å². The van der Waals surface area contributed by atoms with Gasteiger partial charge in [0.15, 0.2) is 4.47 Å². The summed E-state index contributed by atoms with van der Waals surface area (Å²) in [5.41, 5.74) is 4.03. The summed E-state index contributed by atoms with van der Waals surface area (Å²) in [5.74, 6) is 0. The summed E-state index contributed by atoms with van der Waals surface area (Å²) in [5, 5.41) is 9.03. The molecule has 56 valence electrons. The van der Waals surface area contributed by atoms with E-state index in [2.05, 4.69) is 10.7 Å². The maximum atomic E-state index is 8.78. The topological polar surface area (TPSA) is 76.2 Å². The van der Waals surface area contributed by atoms with Gasteiger partial charge in [-0.2, -0.15) is 0 Å². The molecule has 1 rings (SSSR count). The third kappa shape index (κ3) is 7.19. The van der Waals surface area contributed by atoms with Gasteiger partial charge in [-0.1, -0.05) is 11.6 Å². The molecule has 0 bridgehead atoms. The van der Waals surface area contributed by atoms with E-state index in [4.69, 9.17) is 21.5 Å². The number of nitrogens with two attached hydrogens (primary N) is 1. The molecular weight excluding hydrogens is 176 g/mol. The van der Waals surface area contributed by atoms with Crippen molar-refractivity contribution in [2.24, 2.45) is 5.73 Å². The zero-order valence-electron chi connectivity index (χ0n) is 4.82. The smallest absolute Gasteiger partial charge is 0.402 e. The van der Waals surface area contributed by atoms with Crippen LogP contribution in [-0.4, -0.2) is 16.2 Å². The Labute approximate surface area is 66.3 Å². The number of carbonyl (C=O) groups is 1. The van der Waals surface area contributed by atoms with E-state index in [9.17, 15) is 0 Å². The van der Waals surface area contributed by atoms with Crippen LogP contribution in [0.2, 0.25) is 4.47 Å². The van der Waals surface area contributed by atoms with Gasteiger partial charge in [-0.3, -0.25) is 0 Å². The van der Waals surface area contributed by atoms with Crippen LogP contribution in [-0.2, 0) is 0 Å². The van der Waals surface area contributed by atoms with Crippen molar-refractivity contribution in [3.63, 3.8) is 0 Å². The molecule has 0 saturated carbocycles. The van der Waals surface area contributed by atoms with Gasteiger partial charge in [0.25, 0.3) is 0 Å². The van der Waals surface area contributed by atoms with Gasteiger partial charge >= 0.3 is 6.09 Å². The Hall–Kier alpha value is -0.810. The van der Waals surface area contributed by atoms with Gasteiger partial charge in [0.2, 0.25) is 0 Å². The molecule has 1 heterocycles. The maximum absolute atomic E-state index is 8.78. The average molecular weight is 181 g/mol. The summed E-state index contributed by atoms with van der Waals surface area (Å²) in [6.07, 6.45) is 0.340. The SMILES string of the molecule is Clc1nccs1.NC(=O)O. The van der Waals surface area contributed by atoms with Crippen molar-refractivity contribution in [3.05, 3.63) is 16.0 Å². The van der Waals surface area contributed by atoms with Crippen molar-refractivity contribution in [3.8, 4) is 0 Å². The fourth-order valence-electron chi connectivity index (χ4n) is 0.206. The molecule has 0 aromatic carbocycles. The average Bonchev–Trinajstić information content (AvgIpc) is 2.15. The molecule has 3 N–H and O–H groups in total. The van der Waals surface area contributed by atoms with E-state index in [1.165, 1.54) is 11.3 Å². The minimum atomic E-state index is -1.33. The molecule has 1 amide bonds. The molecule has 0 fully saturated rings. The Morgan fingerprint density at radius 1 is 1.90 bits per heavy atom. The lowest BCUT2D eigenvalue weighted by atomic mass is 11.0. The number of carboxylic acid groups (broad SMARTS) is 1. The number of hydrogen-bond acceptors (Lipinski definition) is 3. The number of aromatic nitrogens is 1. The predicted molar refractivity (Wildman–Crippen MR) is 39.3 cm³/mol. The second-order valence-electron chi connectivity index (χ2n) is 1.12. The standard InChI is InChI=1S/C3H2ClNS.CH3NO2/c4-3-5-1-2-6-3;2-1(3)4/h1-2H;2H2,(H,3,4). The van der Waals surface area contributed by atoms with Gasteiger partial charge < -0.3 is 10.8 Å². The highest BCUT2D eigenvalue weighted by molar-refractivity contribution is 7.13. The summed E-state index contributed by atoms with van der Waals surface area (Å²) in [6, 6.07) is 0. The van der Waals surface area contributed by atoms with Crippen LogP contribution in [0.5, 0.6) is 0 Å². The second kappa shape index (κ2) is 5.01. The zero-order valence-corrected chi connectivity index (χ0v) is 6.39. The van der Waals surface area contributed by atoms with Gasteiger partial charge in [0.05, 0.1) is 0 Å². The Balaban J connectivity index is 0.000000180. The lowest BCUT2D eigenvalue weighted by Crippen LogP contribution is -2.03. The summed E-state index contributed by atoms with van der Waals surface area (Å²) in [4.78, 5) is 12.5. The molecule has 10 heavy (non-hydrogen) atoms. The minimum Gasteiger partial charge on any atom is -0.465 e. The van der Waals surface area contributed by atoms with E-state index in [1.54, 1.807) is 6.20 Å². The molecular formula is C4H5ClN2O2S. The highest BCUT2D eigenvalue weighted by Gasteiger charge is 1.79. The Bertz CT molecular complexity index is 185. The molecule has 4 nitrogen and oxygen atoms in total. The minimum absolute atomic E-state index is 0.606. The normalized spacial score (nSPS) is 7.70. The summed E-state index contributed by atoms with van der Waals surface area (Å²) >= 11 is 6.79. The van der Waals surface area contributed by atoms with Crippen LogP contribution in [0.15, 0.2) is 11.6 Å². The van der Waals surface area contributed by atoms with Gasteiger partial charge in [-0.05, 0) is 0 Å². The van der Waals surface area contributed by atoms with E-state index in [0.717, 1.165) is 0 Å². The number of primary amides is 1. The highest BCUT2D eigenvalue weighted by atomic mass is 35.5. The van der Waals surface area contributed by atoms with Crippen molar-refractivity contribution >= 4 is 29.0 Å². The van der Waals surface area contributed by atoms with Crippen molar-refractivity contribution < 1.29 is 9.90 Å². The number of hydrogen-bond donors (Lipinski definition) is 2. The zero-order chi connectivity index (χ0) is 7.98. The predicted octanol–water partition coefficient (Wildman–Crippen LogP) is 1.42. The van der Waals surface area contributed by atoms with E-state index in [1.807, 2.05) is 5.38 Å². The molecule has 1 aromatic rings. The largest absolute Gasteiger partial charge is 0.465 e. The third-order valence-corrected chi connectivity index (χ3v) is 1.32. The van der Waals surface area contributed by atoms with Gasteiger partial charge in [-0.15, -0.1) is 11.3 Å².